The highest BCUT2D eigenvalue weighted by Crippen LogP contribution is 2.33. The number of nitrogens with zero attached hydrogens (tertiary/aromatic N) is 3. The van der Waals surface area contributed by atoms with Gasteiger partial charge in [-0.15, -0.1) is 0 Å². The van der Waals surface area contributed by atoms with Gasteiger partial charge in [-0.1, -0.05) is 54.6 Å². The zero-order valence-electron chi connectivity index (χ0n) is 15.0. The molecule has 132 valence electrons. The molecule has 0 saturated carbocycles. The van der Waals surface area contributed by atoms with Crippen LogP contribution in [0.4, 0.5) is 0 Å². The van der Waals surface area contributed by atoms with Crippen molar-refractivity contribution in [2.24, 2.45) is 0 Å². The zero-order chi connectivity index (χ0) is 17.9. The van der Waals surface area contributed by atoms with Crippen LogP contribution in [-0.2, 0) is 11.3 Å². The lowest BCUT2D eigenvalue weighted by molar-refractivity contribution is -0.129. The van der Waals surface area contributed by atoms with E-state index in [1.807, 2.05) is 41.3 Å². The largest absolute Gasteiger partial charge is 0.333 e. The van der Waals surface area contributed by atoms with Gasteiger partial charge < -0.3 is 9.47 Å². The van der Waals surface area contributed by atoms with E-state index in [0.717, 1.165) is 42.8 Å². The Bertz CT molecular complexity index is 942. The molecule has 1 amide bonds. The summed E-state index contributed by atoms with van der Waals surface area (Å²) in [5, 5.41) is 0. The van der Waals surface area contributed by atoms with Crippen LogP contribution in [0.15, 0.2) is 60.7 Å². The third-order valence-electron chi connectivity index (χ3n) is 5.04. The van der Waals surface area contributed by atoms with Gasteiger partial charge >= 0.3 is 0 Å². The number of imidazole rings is 1. The lowest BCUT2D eigenvalue weighted by atomic mass is 10.2. The molecule has 2 heterocycles. The van der Waals surface area contributed by atoms with Gasteiger partial charge in [0, 0.05) is 20.0 Å². The molecule has 3 aromatic rings. The fraction of sp³-hybridized carbons (Fsp3) is 0.273. The van der Waals surface area contributed by atoms with Gasteiger partial charge in [0.25, 0.3) is 0 Å². The van der Waals surface area contributed by atoms with Crippen molar-refractivity contribution in [1.82, 2.24) is 14.5 Å². The molecule has 2 aromatic carbocycles. The van der Waals surface area contributed by atoms with Crippen molar-refractivity contribution in [1.29, 1.82) is 0 Å². The number of benzene rings is 2. The second-order valence-electron chi connectivity index (χ2n) is 6.75. The Morgan fingerprint density at radius 3 is 2.73 bits per heavy atom. The quantitative estimate of drug-likeness (QED) is 0.701. The first kappa shape index (κ1) is 16.6. The number of allylic oxidation sites excluding steroid dienone is 1. The number of para-hydroxylation sites is 2. The molecule has 0 unspecified atom stereocenters. The van der Waals surface area contributed by atoms with E-state index in [2.05, 4.69) is 34.9 Å². The van der Waals surface area contributed by atoms with Crippen molar-refractivity contribution >= 4 is 23.0 Å². The minimum atomic E-state index is 0.0741. The Morgan fingerprint density at radius 1 is 1.15 bits per heavy atom. The van der Waals surface area contributed by atoms with E-state index in [0.29, 0.717) is 0 Å². The van der Waals surface area contributed by atoms with Crippen LogP contribution in [0, 0.1) is 0 Å². The molecule has 0 radical (unpaired) electrons. The monoisotopic (exact) mass is 345 g/mol. The first-order chi connectivity index (χ1) is 12.7. The molecule has 1 aliphatic rings. The predicted molar refractivity (Wildman–Crippen MR) is 105 cm³/mol. The average Bonchev–Trinajstić information content (AvgIpc) is 3.27. The van der Waals surface area contributed by atoms with E-state index in [1.165, 1.54) is 5.56 Å². The SMILES string of the molecule is CC(=O)N1CCC[C@@H]1c1nc2ccccc2n1C/C=C/c1ccccc1. The number of hydrogen-bond acceptors (Lipinski definition) is 2. The van der Waals surface area contributed by atoms with Gasteiger partial charge in [-0.3, -0.25) is 4.79 Å². The lowest BCUT2D eigenvalue weighted by Gasteiger charge is -2.23. The standard InChI is InChI=1S/C22H23N3O/c1-17(26)24-15-8-14-21(24)22-23-19-12-5-6-13-20(19)25(22)16-7-11-18-9-3-2-4-10-18/h2-7,9-13,21H,8,14-16H2,1H3/b11-7+/t21-/m1/s1. The Labute approximate surface area is 153 Å². The maximum Gasteiger partial charge on any atom is 0.220 e. The molecule has 26 heavy (non-hydrogen) atoms. The van der Waals surface area contributed by atoms with Gasteiger partial charge in [0.15, 0.2) is 0 Å². The Morgan fingerprint density at radius 2 is 1.92 bits per heavy atom. The van der Waals surface area contributed by atoms with E-state index >= 15 is 0 Å². The number of carbonyl (C=O) groups excluding carboxylic acids is 1. The number of fused-ring (bicyclic) bond motifs is 1. The van der Waals surface area contributed by atoms with Gasteiger partial charge in [-0.2, -0.15) is 0 Å². The van der Waals surface area contributed by atoms with Crippen molar-refractivity contribution in [3.05, 3.63) is 72.1 Å². The molecule has 0 aliphatic carbocycles. The molecule has 0 N–H and O–H groups in total. The zero-order valence-corrected chi connectivity index (χ0v) is 15.0. The molecular weight excluding hydrogens is 322 g/mol. The highest BCUT2D eigenvalue weighted by atomic mass is 16.2. The molecule has 0 spiro atoms. The van der Waals surface area contributed by atoms with Crippen molar-refractivity contribution in [3.63, 3.8) is 0 Å². The van der Waals surface area contributed by atoms with Gasteiger partial charge in [-0.05, 0) is 30.5 Å². The minimum Gasteiger partial charge on any atom is -0.333 e. The molecular formula is C22H23N3O. The van der Waals surface area contributed by atoms with Crippen LogP contribution in [0.5, 0.6) is 0 Å². The molecule has 1 fully saturated rings. The third-order valence-corrected chi connectivity index (χ3v) is 5.04. The number of rotatable bonds is 4. The van der Waals surface area contributed by atoms with Crippen molar-refractivity contribution in [2.75, 3.05) is 6.54 Å². The summed E-state index contributed by atoms with van der Waals surface area (Å²) in [5.41, 5.74) is 3.30. The van der Waals surface area contributed by atoms with E-state index < -0.39 is 0 Å². The van der Waals surface area contributed by atoms with E-state index in [9.17, 15) is 4.79 Å². The summed E-state index contributed by atoms with van der Waals surface area (Å²) in [7, 11) is 0. The van der Waals surface area contributed by atoms with Crippen LogP contribution in [0.25, 0.3) is 17.1 Å². The van der Waals surface area contributed by atoms with Crippen LogP contribution in [0.1, 0.15) is 37.2 Å². The maximum atomic E-state index is 12.0. The van der Waals surface area contributed by atoms with Gasteiger partial charge in [0.2, 0.25) is 5.91 Å². The first-order valence-electron chi connectivity index (χ1n) is 9.18. The fourth-order valence-corrected chi connectivity index (χ4v) is 3.81. The molecule has 1 saturated heterocycles. The van der Waals surface area contributed by atoms with Crippen molar-refractivity contribution < 1.29 is 4.79 Å². The Kier molecular flexibility index (Phi) is 4.57. The van der Waals surface area contributed by atoms with Crippen molar-refractivity contribution in [2.45, 2.75) is 32.4 Å². The molecule has 4 heteroatoms. The number of likely N-dealkylation sites (tertiary alicyclic amines) is 1. The summed E-state index contributed by atoms with van der Waals surface area (Å²) in [6.45, 7) is 3.22. The minimum absolute atomic E-state index is 0.0741. The van der Waals surface area contributed by atoms with Crippen LogP contribution in [0.3, 0.4) is 0 Å². The smallest absolute Gasteiger partial charge is 0.220 e. The normalized spacial score (nSPS) is 17.4. The second-order valence-corrected chi connectivity index (χ2v) is 6.75. The number of carbonyl (C=O) groups is 1. The maximum absolute atomic E-state index is 12.0. The fourth-order valence-electron chi connectivity index (χ4n) is 3.81. The third kappa shape index (κ3) is 3.15. The summed E-state index contributed by atoms with van der Waals surface area (Å²) >= 11 is 0. The lowest BCUT2D eigenvalue weighted by Crippen LogP contribution is -2.29. The van der Waals surface area contributed by atoms with E-state index in [1.54, 1.807) is 6.92 Å². The number of hydrogen-bond donors (Lipinski definition) is 0. The summed E-state index contributed by atoms with van der Waals surface area (Å²) in [6, 6.07) is 18.6. The van der Waals surface area contributed by atoms with Crippen LogP contribution >= 0.6 is 0 Å². The summed E-state index contributed by atoms with van der Waals surface area (Å²) in [4.78, 5) is 18.9. The highest BCUT2D eigenvalue weighted by Gasteiger charge is 2.31. The second kappa shape index (κ2) is 7.16. The molecule has 4 nitrogen and oxygen atoms in total. The van der Waals surface area contributed by atoms with Crippen LogP contribution in [0.2, 0.25) is 0 Å². The molecule has 4 rings (SSSR count). The van der Waals surface area contributed by atoms with Gasteiger partial charge in [-0.25, -0.2) is 4.98 Å². The highest BCUT2D eigenvalue weighted by molar-refractivity contribution is 5.77. The van der Waals surface area contributed by atoms with Crippen molar-refractivity contribution in [3.8, 4) is 0 Å². The molecule has 1 aromatic heterocycles. The first-order valence-corrected chi connectivity index (χ1v) is 9.18. The topological polar surface area (TPSA) is 38.1 Å². The predicted octanol–water partition coefficient (Wildman–Crippen LogP) is 4.43. The van der Waals surface area contributed by atoms with E-state index in [-0.39, 0.29) is 11.9 Å². The van der Waals surface area contributed by atoms with Crippen LogP contribution in [-0.4, -0.2) is 26.9 Å². The number of amides is 1. The van der Waals surface area contributed by atoms with Gasteiger partial charge in [0.05, 0.1) is 17.1 Å². The summed E-state index contributed by atoms with van der Waals surface area (Å²) < 4.78 is 2.25. The Hall–Kier alpha value is -2.88. The molecule has 1 atom stereocenters. The van der Waals surface area contributed by atoms with Gasteiger partial charge in [0.1, 0.15) is 5.82 Å². The number of aromatic nitrogens is 2. The Balaban J connectivity index is 1.70. The average molecular weight is 345 g/mol. The summed E-state index contributed by atoms with van der Waals surface area (Å²) in [6.07, 6.45) is 6.31. The van der Waals surface area contributed by atoms with Crippen LogP contribution < -0.4 is 0 Å². The molecule has 1 aliphatic heterocycles. The van der Waals surface area contributed by atoms with E-state index in [4.69, 9.17) is 4.98 Å². The summed E-state index contributed by atoms with van der Waals surface area (Å²) in [5.74, 6) is 1.13. The molecule has 0 bridgehead atoms.